The van der Waals surface area contributed by atoms with Crippen molar-refractivity contribution in [1.82, 2.24) is 4.90 Å². The van der Waals surface area contributed by atoms with Crippen molar-refractivity contribution >= 4 is 108 Å². The van der Waals surface area contributed by atoms with E-state index in [-0.39, 0.29) is 28.6 Å². The molecule has 0 radical (unpaired) electrons. The summed E-state index contributed by atoms with van der Waals surface area (Å²) >= 11 is 7.47. The van der Waals surface area contributed by atoms with Crippen molar-refractivity contribution in [3.05, 3.63) is 77.3 Å². The lowest BCUT2D eigenvalue weighted by atomic mass is 9.80. The summed E-state index contributed by atoms with van der Waals surface area (Å²) in [5, 5.41) is 8.25. The van der Waals surface area contributed by atoms with Crippen LogP contribution in [0.3, 0.4) is 0 Å². The SMILES string of the molecule is CCCCCCC(CCCCCC)N1C(=O)c2ccc3c4ccc(Br)c5c(Br)cc6c7c(=O)oc(=O)c7c7cc(c2c3c7c6c54)C1=O. The fourth-order valence-corrected chi connectivity index (χ4v) is 9.78. The highest BCUT2D eigenvalue weighted by Gasteiger charge is 2.39. The fourth-order valence-electron chi connectivity index (χ4n) is 8.33. The Morgan fingerprint density at radius 1 is 0.553 bits per heavy atom. The molecule has 0 fully saturated rings. The number of hydrogen-bond donors (Lipinski definition) is 0. The maximum Gasteiger partial charge on any atom is 0.347 e. The minimum atomic E-state index is -0.715. The van der Waals surface area contributed by atoms with Gasteiger partial charge >= 0.3 is 11.3 Å². The van der Waals surface area contributed by atoms with Gasteiger partial charge in [-0.2, -0.15) is 0 Å². The molecule has 0 aliphatic carbocycles. The Balaban J connectivity index is 1.45. The van der Waals surface area contributed by atoms with Crippen LogP contribution in [0.4, 0.5) is 0 Å². The van der Waals surface area contributed by atoms with Crippen LogP contribution in [0.2, 0.25) is 0 Å². The number of fused-ring (bicyclic) bond motifs is 4. The Bertz CT molecular complexity index is 2510. The van der Waals surface area contributed by atoms with Gasteiger partial charge in [-0.15, -0.1) is 0 Å². The minimum absolute atomic E-state index is 0.184. The third kappa shape index (κ3) is 4.33. The van der Waals surface area contributed by atoms with E-state index < -0.39 is 11.3 Å². The predicted molar refractivity (Wildman–Crippen MR) is 197 cm³/mol. The van der Waals surface area contributed by atoms with Crippen LogP contribution in [0, 0.1) is 0 Å². The molecular weight excluding hydrogens is 722 g/mol. The fraction of sp³-hybridized carbons (Fsp3) is 0.333. The molecular formula is C39H33Br2NO5. The highest BCUT2D eigenvalue weighted by atomic mass is 79.9. The van der Waals surface area contributed by atoms with E-state index in [1.165, 1.54) is 4.90 Å². The highest BCUT2D eigenvalue weighted by molar-refractivity contribution is 9.11. The summed E-state index contributed by atoms with van der Waals surface area (Å²) in [6.07, 6.45) is 10.0. The molecule has 8 rings (SSSR count). The molecule has 1 aliphatic heterocycles. The first-order valence-electron chi connectivity index (χ1n) is 16.8. The second-order valence-corrected chi connectivity index (χ2v) is 14.9. The summed E-state index contributed by atoms with van der Waals surface area (Å²) in [6.45, 7) is 4.35. The Kier molecular flexibility index (Phi) is 7.52. The molecule has 238 valence electrons. The van der Waals surface area contributed by atoms with E-state index in [4.69, 9.17) is 4.42 Å². The minimum Gasteiger partial charge on any atom is -0.386 e. The molecule has 0 spiro atoms. The number of carbonyl (C=O) groups excluding carboxylic acids is 2. The average Bonchev–Trinajstić information content (AvgIpc) is 3.36. The highest BCUT2D eigenvalue weighted by Crippen LogP contribution is 2.52. The van der Waals surface area contributed by atoms with Gasteiger partial charge in [0.25, 0.3) is 11.8 Å². The summed E-state index contributed by atoms with van der Waals surface area (Å²) in [5.41, 5.74) is -0.495. The normalized spacial score (nSPS) is 13.9. The number of benzene rings is 6. The van der Waals surface area contributed by atoms with Crippen molar-refractivity contribution in [2.45, 2.75) is 84.1 Å². The van der Waals surface area contributed by atoms with Gasteiger partial charge in [-0.3, -0.25) is 14.5 Å². The molecule has 0 unspecified atom stereocenters. The maximum atomic E-state index is 14.7. The van der Waals surface area contributed by atoms with Crippen molar-refractivity contribution in [2.24, 2.45) is 0 Å². The summed E-state index contributed by atoms with van der Waals surface area (Å²) in [5.74, 6) is -0.578. The number of amides is 2. The van der Waals surface area contributed by atoms with Crippen molar-refractivity contribution in [3.8, 4) is 0 Å². The van der Waals surface area contributed by atoms with Crippen LogP contribution >= 0.6 is 31.9 Å². The van der Waals surface area contributed by atoms with Gasteiger partial charge in [-0.25, -0.2) is 9.59 Å². The van der Waals surface area contributed by atoms with Gasteiger partial charge in [0.15, 0.2) is 0 Å². The molecule has 0 bridgehead atoms. The Morgan fingerprint density at radius 3 is 1.70 bits per heavy atom. The van der Waals surface area contributed by atoms with E-state index in [1.54, 1.807) is 6.07 Å². The Morgan fingerprint density at radius 2 is 1.09 bits per heavy atom. The van der Waals surface area contributed by atoms with Gasteiger partial charge in [0.2, 0.25) is 0 Å². The number of imide groups is 1. The Hall–Kier alpha value is -3.62. The maximum absolute atomic E-state index is 14.7. The van der Waals surface area contributed by atoms with Gasteiger partial charge in [-0.05, 0) is 74.8 Å². The van der Waals surface area contributed by atoms with Crippen LogP contribution in [0.25, 0.3) is 64.6 Å². The molecule has 1 aromatic heterocycles. The number of hydrogen-bond acceptors (Lipinski definition) is 5. The zero-order valence-corrected chi connectivity index (χ0v) is 29.5. The van der Waals surface area contributed by atoms with Crippen LogP contribution in [0.5, 0.6) is 0 Å². The molecule has 0 saturated carbocycles. The monoisotopic (exact) mass is 753 g/mol. The van der Waals surface area contributed by atoms with E-state index in [1.807, 2.05) is 30.3 Å². The van der Waals surface area contributed by atoms with Crippen molar-refractivity contribution in [2.75, 3.05) is 0 Å². The lowest BCUT2D eigenvalue weighted by molar-refractivity contribution is 0.0517. The first-order valence-corrected chi connectivity index (χ1v) is 18.4. The smallest absolute Gasteiger partial charge is 0.347 e. The van der Waals surface area contributed by atoms with Crippen molar-refractivity contribution in [1.29, 1.82) is 0 Å². The third-order valence-corrected chi connectivity index (χ3v) is 11.7. The van der Waals surface area contributed by atoms with Gasteiger partial charge in [-0.1, -0.05) is 109 Å². The molecule has 6 nitrogen and oxygen atoms in total. The van der Waals surface area contributed by atoms with E-state index in [2.05, 4.69) is 45.7 Å². The number of rotatable bonds is 11. The molecule has 2 amide bonds. The standard InChI is InChI=1S/C39H33Br2NO5/c1-3-5-7-9-11-19(12-10-8-6-4-2)42-36(43)22-14-13-20-21-15-16-26(40)35-27(41)18-24-32(30(21)35)31-23(33-34(24)39(46)47-38(33)45)17-25(37(42)44)28(22)29(20)31/h13-19H,3-12H2,1-2H3. The van der Waals surface area contributed by atoms with Crippen LogP contribution in [-0.4, -0.2) is 22.8 Å². The molecule has 1 aliphatic rings. The summed E-state index contributed by atoms with van der Waals surface area (Å²) < 4.78 is 6.90. The largest absolute Gasteiger partial charge is 0.386 e. The first-order chi connectivity index (χ1) is 22.8. The lowest BCUT2D eigenvalue weighted by Crippen LogP contribution is -2.47. The van der Waals surface area contributed by atoms with Gasteiger partial charge in [0.1, 0.15) is 0 Å². The number of halogens is 2. The molecule has 2 heterocycles. The Labute approximate surface area is 287 Å². The third-order valence-electron chi connectivity index (χ3n) is 10.4. The molecule has 0 N–H and O–H groups in total. The molecule has 6 aromatic carbocycles. The summed E-state index contributed by atoms with van der Waals surface area (Å²) in [6, 6.07) is 11.3. The number of nitrogens with zero attached hydrogens (tertiary/aromatic N) is 1. The second-order valence-electron chi connectivity index (χ2n) is 13.1. The van der Waals surface area contributed by atoms with Crippen LogP contribution in [0.1, 0.15) is 98.8 Å². The van der Waals surface area contributed by atoms with Gasteiger partial charge in [0.05, 0.1) is 10.8 Å². The quantitative estimate of drug-likeness (QED) is 0.0568. The molecule has 8 heteroatoms. The number of carbonyl (C=O) groups is 2. The van der Waals surface area contributed by atoms with Gasteiger partial charge < -0.3 is 4.42 Å². The van der Waals surface area contributed by atoms with Crippen LogP contribution in [0.15, 0.2) is 59.3 Å². The zero-order chi connectivity index (χ0) is 32.7. The second kappa shape index (κ2) is 11.5. The molecule has 47 heavy (non-hydrogen) atoms. The van der Waals surface area contributed by atoms with E-state index in [0.717, 1.165) is 111 Å². The summed E-state index contributed by atoms with van der Waals surface area (Å²) in [7, 11) is 0. The first kappa shape index (κ1) is 30.7. The molecule has 7 aromatic rings. The topological polar surface area (TPSA) is 84.7 Å². The van der Waals surface area contributed by atoms with Crippen molar-refractivity contribution < 1.29 is 14.0 Å². The number of furan rings is 1. The zero-order valence-electron chi connectivity index (χ0n) is 26.4. The number of unbranched alkanes of at least 4 members (excludes halogenated alkanes) is 6. The van der Waals surface area contributed by atoms with E-state index in [9.17, 15) is 19.2 Å². The van der Waals surface area contributed by atoms with Crippen LogP contribution in [-0.2, 0) is 0 Å². The van der Waals surface area contributed by atoms with Crippen molar-refractivity contribution in [3.63, 3.8) is 0 Å². The summed E-state index contributed by atoms with van der Waals surface area (Å²) in [4.78, 5) is 57.4. The molecule has 0 atom stereocenters. The van der Waals surface area contributed by atoms with Gasteiger partial charge in [0, 0.05) is 42.3 Å². The van der Waals surface area contributed by atoms with Crippen LogP contribution < -0.4 is 11.3 Å². The lowest BCUT2D eigenvalue weighted by Gasteiger charge is -2.35. The average molecular weight is 756 g/mol. The molecule has 0 saturated heterocycles. The predicted octanol–water partition coefficient (Wildman–Crippen LogP) is 10.7. The van der Waals surface area contributed by atoms with E-state index in [0.29, 0.717) is 27.3 Å². The van der Waals surface area contributed by atoms with E-state index >= 15 is 0 Å².